The van der Waals surface area contributed by atoms with Gasteiger partial charge in [-0.25, -0.2) is 0 Å². The molecule has 0 atom stereocenters. The van der Waals surface area contributed by atoms with Crippen molar-refractivity contribution >= 4 is 28.2 Å². The van der Waals surface area contributed by atoms with Crippen LogP contribution in [0.25, 0.3) is 10.9 Å². The zero-order valence-electron chi connectivity index (χ0n) is 10.6. The topological polar surface area (TPSA) is 58.3 Å². The summed E-state index contributed by atoms with van der Waals surface area (Å²) in [6.07, 6.45) is 1.75. The van der Waals surface area contributed by atoms with Crippen LogP contribution in [0.3, 0.4) is 0 Å². The second-order valence-electron chi connectivity index (χ2n) is 4.41. The van der Waals surface area contributed by atoms with Gasteiger partial charge in [0.2, 0.25) is 0 Å². The van der Waals surface area contributed by atoms with Crippen LogP contribution in [-0.2, 0) is 13.2 Å². The highest BCUT2D eigenvalue weighted by Gasteiger charge is 2.06. The molecule has 0 spiro atoms. The monoisotopic (exact) mass is 288 g/mol. The molecule has 0 fully saturated rings. The molecule has 0 unspecified atom stereocenters. The van der Waals surface area contributed by atoms with Gasteiger partial charge in [0.05, 0.1) is 17.7 Å². The molecule has 3 aromatic rings. The van der Waals surface area contributed by atoms with E-state index < -0.39 is 0 Å². The van der Waals surface area contributed by atoms with E-state index in [1.165, 1.54) is 0 Å². The van der Waals surface area contributed by atoms with Crippen LogP contribution in [0.2, 0.25) is 5.02 Å². The van der Waals surface area contributed by atoms with Crippen molar-refractivity contribution < 1.29 is 9.52 Å². The number of benzene rings is 1. The number of hydrogen-bond acceptors (Lipinski definition) is 4. The minimum absolute atomic E-state index is 0.0956. The van der Waals surface area contributed by atoms with Crippen LogP contribution in [0.5, 0.6) is 0 Å². The molecule has 4 nitrogen and oxygen atoms in total. The van der Waals surface area contributed by atoms with Crippen molar-refractivity contribution in [2.75, 3.05) is 5.32 Å². The van der Waals surface area contributed by atoms with E-state index in [0.29, 0.717) is 17.3 Å². The molecule has 0 saturated carbocycles. The van der Waals surface area contributed by atoms with Gasteiger partial charge in [-0.2, -0.15) is 0 Å². The van der Waals surface area contributed by atoms with Crippen LogP contribution in [-0.4, -0.2) is 10.1 Å². The summed E-state index contributed by atoms with van der Waals surface area (Å²) in [5, 5.41) is 13.9. The third kappa shape index (κ3) is 2.61. The Morgan fingerprint density at radius 2 is 2.05 bits per heavy atom. The Kier molecular flexibility index (Phi) is 3.58. The van der Waals surface area contributed by atoms with E-state index in [9.17, 15) is 0 Å². The average Bonchev–Trinajstić information content (AvgIpc) is 2.92. The summed E-state index contributed by atoms with van der Waals surface area (Å²) >= 11 is 6.11. The Morgan fingerprint density at radius 3 is 2.85 bits per heavy atom. The van der Waals surface area contributed by atoms with Gasteiger partial charge >= 0.3 is 0 Å². The number of rotatable bonds is 4. The van der Waals surface area contributed by atoms with E-state index in [4.69, 9.17) is 21.1 Å². The van der Waals surface area contributed by atoms with Crippen LogP contribution >= 0.6 is 11.6 Å². The van der Waals surface area contributed by atoms with Gasteiger partial charge in [-0.3, -0.25) is 4.98 Å². The molecule has 0 aliphatic heterocycles. The molecule has 0 aliphatic carbocycles. The van der Waals surface area contributed by atoms with Crippen molar-refractivity contribution in [3.05, 3.63) is 59.1 Å². The highest BCUT2D eigenvalue weighted by Crippen LogP contribution is 2.26. The molecule has 0 amide bonds. The lowest BCUT2D eigenvalue weighted by Crippen LogP contribution is -1.99. The van der Waals surface area contributed by atoms with Crippen molar-refractivity contribution in [3.8, 4) is 0 Å². The number of nitrogens with one attached hydrogen (secondary N) is 1. The van der Waals surface area contributed by atoms with Crippen molar-refractivity contribution in [1.29, 1.82) is 0 Å². The number of anilines is 1. The fourth-order valence-electron chi connectivity index (χ4n) is 2.08. The lowest BCUT2D eigenvalue weighted by Gasteiger charge is -2.08. The molecule has 0 saturated heterocycles. The first-order chi connectivity index (χ1) is 9.76. The van der Waals surface area contributed by atoms with Crippen molar-refractivity contribution in [3.63, 3.8) is 0 Å². The predicted molar refractivity (Wildman–Crippen MR) is 78.7 cm³/mol. The number of aliphatic hydroxyl groups is 1. The first-order valence-corrected chi connectivity index (χ1v) is 6.60. The fraction of sp³-hybridized carbons (Fsp3) is 0.133. The van der Waals surface area contributed by atoms with E-state index in [1.54, 1.807) is 12.3 Å². The standard InChI is InChI=1S/C15H13ClN2O2/c16-11-6-10-2-1-5-17-15(10)14(7-11)18-8-12-3-4-13(9-19)20-12/h1-7,18-19H,8-9H2. The maximum Gasteiger partial charge on any atom is 0.129 e. The number of halogens is 1. The predicted octanol–water partition coefficient (Wildman–Crippen LogP) is 3.59. The van der Waals surface area contributed by atoms with Gasteiger partial charge in [0.1, 0.15) is 18.1 Å². The van der Waals surface area contributed by atoms with Gasteiger partial charge < -0.3 is 14.8 Å². The molecule has 2 aromatic heterocycles. The quantitative estimate of drug-likeness (QED) is 0.770. The summed E-state index contributed by atoms with van der Waals surface area (Å²) in [4.78, 5) is 4.36. The largest absolute Gasteiger partial charge is 0.462 e. The lowest BCUT2D eigenvalue weighted by atomic mass is 10.2. The molecular formula is C15H13ClN2O2. The van der Waals surface area contributed by atoms with Crippen LogP contribution in [0.4, 0.5) is 5.69 Å². The van der Waals surface area contributed by atoms with Crippen molar-refractivity contribution in [2.45, 2.75) is 13.2 Å². The summed E-state index contributed by atoms with van der Waals surface area (Å²) in [6, 6.07) is 11.2. The van der Waals surface area contributed by atoms with Crippen LogP contribution in [0, 0.1) is 0 Å². The zero-order chi connectivity index (χ0) is 13.9. The van der Waals surface area contributed by atoms with Gasteiger partial charge in [0.15, 0.2) is 0 Å². The summed E-state index contributed by atoms with van der Waals surface area (Å²) in [7, 11) is 0. The fourth-order valence-corrected chi connectivity index (χ4v) is 2.30. The molecule has 2 heterocycles. The Balaban J connectivity index is 1.86. The molecule has 5 heteroatoms. The Labute approximate surface area is 121 Å². The Hall–Kier alpha value is -2.04. The Bertz CT molecular complexity index is 740. The molecular weight excluding hydrogens is 276 g/mol. The lowest BCUT2D eigenvalue weighted by molar-refractivity contribution is 0.244. The Morgan fingerprint density at radius 1 is 1.20 bits per heavy atom. The highest BCUT2D eigenvalue weighted by molar-refractivity contribution is 6.31. The first kappa shape index (κ1) is 13.0. The number of pyridine rings is 1. The molecule has 0 bridgehead atoms. The van der Waals surface area contributed by atoms with E-state index in [0.717, 1.165) is 22.4 Å². The molecule has 1 aromatic carbocycles. The van der Waals surface area contributed by atoms with Crippen LogP contribution in [0.15, 0.2) is 47.0 Å². The third-order valence-corrected chi connectivity index (χ3v) is 3.21. The normalized spacial score (nSPS) is 10.9. The van der Waals surface area contributed by atoms with Gasteiger partial charge in [0.25, 0.3) is 0 Å². The number of furan rings is 1. The van der Waals surface area contributed by atoms with E-state index in [1.807, 2.05) is 30.3 Å². The van der Waals surface area contributed by atoms with Crippen LogP contribution < -0.4 is 5.32 Å². The van der Waals surface area contributed by atoms with Gasteiger partial charge in [-0.05, 0) is 30.3 Å². The molecule has 2 N–H and O–H groups in total. The second-order valence-corrected chi connectivity index (χ2v) is 4.84. The van der Waals surface area contributed by atoms with Crippen LogP contribution in [0.1, 0.15) is 11.5 Å². The number of hydrogen-bond donors (Lipinski definition) is 2. The second kappa shape index (κ2) is 5.53. The van der Waals surface area contributed by atoms with Gasteiger partial charge in [0, 0.05) is 16.6 Å². The molecule has 20 heavy (non-hydrogen) atoms. The summed E-state index contributed by atoms with van der Waals surface area (Å²) in [5.74, 6) is 1.30. The van der Waals surface area contributed by atoms with Gasteiger partial charge in [-0.1, -0.05) is 17.7 Å². The minimum atomic E-state index is -0.0956. The number of fused-ring (bicyclic) bond motifs is 1. The highest BCUT2D eigenvalue weighted by atomic mass is 35.5. The van der Waals surface area contributed by atoms with Crippen molar-refractivity contribution in [1.82, 2.24) is 4.98 Å². The summed E-state index contributed by atoms with van der Waals surface area (Å²) < 4.78 is 5.43. The first-order valence-electron chi connectivity index (χ1n) is 6.23. The molecule has 0 radical (unpaired) electrons. The van der Waals surface area contributed by atoms with E-state index in [2.05, 4.69) is 10.3 Å². The van der Waals surface area contributed by atoms with Gasteiger partial charge in [-0.15, -0.1) is 0 Å². The number of aromatic nitrogens is 1. The molecule has 102 valence electrons. The summed E-state index contributed by atoms with van der Waals surface area (Å²) in [6.45, 7) is 0.410. The third-order valence-electron chi connectivity index (χ3n) is 3.00. The zero-order valence-corrected chi connectivity index (χ0v) is 11.4. The van der Waals surface area contributed by atoms with E-state index in [-0.39, 0.29) is 6.61 Å². The number of nitrogens with zero attached hydrogens (tertiary/aromatic N) is 1. The average molecular weight is 289 g/mol. The molecule has 3 rings (SSSR count). The van der Waals surface area contributed by atoms with Crippen molar-refractivity contribution in [2.24, 2.45) is 0 Å². The number of aliphatic hydroxyl groups excluding tert-OH is 1. The summed E-state index contributed by atoms with van der Waals surface area (Å²) in [5.41, 5.74) is 1.72. The smallest absolute Gasteiger partial charge is 0.129 e. The van der Waals surface area contributed by atoms with E-state index >= 15 is 0 Å². The maximum absolute atomic E-state index is 8.97. The molecule has 0 aliphatic rings. The minimum Gasteiger partial charge on any atom is -0.462 e. The maximum atomic E-state index is 8.97. The SMILES string of the molecule is OCc1ccc(CNc2cc(Cl)cc3cccnc23)o1.